The molecule has 0 heterocycles. The van der Waals surface area contributed by atoms with Crippen molar-refractivity contribution in [2.24, 2.45) is 11.8 Å². The van der Waals surface area contributed by atoms with Gasteiger partial charge in [-0.05, 0) is 39.0 Å². The van der Waals surface area contributed by atoms with E-state index in [2.05, 4.69) is 13.8 Å². The fourth-order valence-electron chi connectivity index (χ4n) is 2.28. The molecule has 0 rings (SSSR count). The summed E-state index contributed by atoms with van der Waals surface area (Å²) in [6.45, 7) is 13.8. The second-order valence-electron chi connectivity index (χ2n) is 7.30. The fraction of sp³-hybridized carbons (Fsp3) is 0.882. The van der Waals surface area contributed by atoms with Crippen LogP contribution in [0.5, 0.6) is 0 Å². The molecule has 0 radical (unpaired) electrons. The van der Waals surface area contributed by atoms with E-state index in [4.69, 9.17) is 4.74 Å². The van der Waals surface area contributed by atoms with Crippen molar-refractivity contribution in [3.8, 4) is 0 Å². The monoisotopic (exact) mass is 315 g/mol. The summed E-state index contributed by atoms with van der Waals surface area (Å²) >= 11 is 0. The average molecular weight is 315 g/mol. The van der Waals surface area contributed by atoms with Gasteiger partial charge >= 0.3 is 12.1 Å². The first kappa shape index (κ1) is 20.7. The van der Waals surface area contributed by atoms with E-state index in [1.807, 2.05) is 13.8 Å². The highest BCUT2D eigenvalue weighted by atomic mass is 16.6. The number of aliphatic carboxylic acids is 1. The van der Waals surface area contributed by atoms with Crippen LogP contribution >= 0.6 is 0 Å². The predicted molar refractivity (Wildman–Crippen MR) is 87.9 cm³/mol. The van der Waals surface area contributed by atoms with Gasteiger partial charge in [-0.3, -0.25) is 4.90 Å². The van der Waals surface area contributed by atoms with Gasteiger partial charge in [-0.1, -0.05) is 40.5 Å². The summed E-state index contributed by atoms with van der Waals surface area (Å²) in [5, 5.41) is 9.55. The normalized spacial score (nSPS) is 13.3. The van der Waals surface area contributed by atoms with Crippen LogP contribution < -0.4 is 0 Å². The minimum atomic E-state index is -0.967. The standard InChI is InChI=1S/C17H33NO4/c1-8-13(9-2)11-18(16(21)22-17(5,6)7)14(15(19)20)10-12(3)4/h12-14H,8-11H2,1-7H3,(H,19,20)/t14-/m0/s1. The molecule has 1 amide bonds. The molecule has 5 nitrogen and oxygen atoms in total. The van der Waals surface area contributed by atoms with E-state index in [-0.39, 0.29) is 11.8 Å². The summed E-state index contributed by atoms with van der Waals surface area (Å²) in [6, 6.07) is -0.838. The van der Waals surface area contributed by atoms with Crippen LogP contribution in [0.15, 0.2) is 0 Å². The van der Waals surface area contributed by atoms with Gasteiger partial charge in [0, 0.05) is 6.54 Å². The van der Waals surface area contributed by atoms with Gasteiger partial charge in [-0.15, -0.1) is 0 Å². The van der Waals surface area contributed by atoms with E-state index < -0.39 is 23.7 Å². The van der Waals surface area contributed by atoms with Crippen LogP contribution in [0.2, 0.25) is 0 Å². The number of hydrogen-bond donors (Lipinski definition) is 1. The molecule has 0 saturated heterocycles. The lowest BCUT2D eigenvalue weighted by Gasteiger charge is -2.34. The molecule has 22 heavy (non-hydrogen) atoms. The highest BCUT2D eigenvalue weighted by Crippen LogP contribution is 2.20. The van der Waals surface area contributed by atoms with Gasteiger partial charge < -0.3 is 9.84 Å². The number of ether oxygens (including phenoxy) is 1. The summed E-state index contributed by atoms with van der Waals surface area (Å²) in [7, 11) is 0. The zero-order valence-electron chi connectivity index (χ0n) is 15.2. The van der Waals surface area contributed by atoms with Gasteiger partial charge in [0.05, 0.1) is 0 Å². The van der Waals surface area contributed by atoms with E-state index >= 15 is 0 Å². The largest absolute Gasteiger partial charge is 0.480 e. The molecule has 0 aliphatic heterocycles. The Morgan fingerprint density at radius 3 is 1.95 bits per heavy atom. The summed E-state index contributed by atoms with van der Waals surface area (Å²) in [5.74, 6) is -0.500. The van der Waals surface area contributed by atoms with Crippen molar-refractivity contribution in [1.29, 1.82) is 0 Å². The van der Waals surface area contributed by atoms with E-state index in [9.17, 15) is 14.7 Å². The van der Waals surface area contributed by atoms with Gasteiger partial charge in [0.2, 0.25) is 0 Å². The van der Waals surface area contributed by atoms with Crippen LogP contribution in [0.4, 0.5) is 4.79 Å². The summed E-state index contributed by atoms with van der Waals surface area (Å²) in [6.07, 6.45) is 1.70. The first-order chi connectivity index (χ1) is 10.0. The highest BCUT2D eigenvalue weighted by molar-refractivity contribution is 5.80. The first-order valence-electron chi connectivity index (χ1n) is 8.24. The number of rotatable bonds is 8. The maximum absolute atomic E-state index is 12.5. The molecule has 0 saturated carbocycles. The van der Waals surface area contributed by atoms with Gasteiger partial charge in [0.25, 0.3) is 0 Å². The van der Waals surface area contributed by atoms with Crippen molar-refractivity contribution in [1.82, 2.24) is 4.90 Å². The number of carboxylic acid groups (broad SMARTS) is 1. The third-order valence-corrected chi connectivity index (χ3v) is 3.59. The Labute approximate surface area is 135 Å². The molecule has 0 unspecified atom stereocenters. The van der Waals surface area contributed by atoms with Gasteiger partial charge in [0.1, 0.15) is 11.6 Å². The Morgan fingerprint density at radius 2 is 1.64 bits per heavy atom. The number of carbonyl (C=O) groups is 2. The molecule has 0 bridgehead atoms. The first-order valence-corrected chi connectivity index (χ1v) is 8.24. The van der Waals surface area contributed by atoms with E-state index in [1.165, 1.54) is 4.90 Å². The molecule has 0 aliphatic rings. The van der Waals surface area contributed by atoms with Gasteiger partial charge in [-0.2, -0.15) is 0 Å². The topological polar surface area (TPSA) is 66.8 Å². The Balaban J connectivity index is 5.35. The minimum absolute atomic E-state index is 0.188. The number of carbonyl (C=O) groups excluding carboxylic acids is 1. The van der Waals surface area contributed by atoms with E-state index in [1.54, 1.807) is 20.8 Å². The highest BCUT2D eigenvalue weighted by Gasteiger charge is 2.34. The summed E-state index contributed by atoms with van der Waals surface area (Å²) in [5.41, 5.74) is -0.635. The number of carboxylic acids is 1. The third kappa shape index (κ3) is 7.66. The lowest BCUT2D eigenvalue weighted by Crippen LogP contribution is -2.49. The molecule has 0 aromatic heterocycles. The van der Waals surface area contributed by atoms with Crippen molar-refractivity contribution in [2.75, 3.05) is 6.54 Å². The number of nitrogens with zero attached hydrogens (tertiary/aromatic N) is 1. The summed E-state index contributed by atoms with van der Waals surface area (Å²) in [4.78, 5) is 25.6. The number of amides is 1. The van der Waals surface area contributed by atoms with Crippen molar-refractivity contribution in [2.45, 2.75) is 79.4 Å². The van der Waals surface area contributed by atoms with E-state index in [0.717, 1.165) is 12.8 Å². The second kappa shape index (κ2) is 9.01. The van der Waals surface area contributed by atoms with Crippen LogP contribution in [-0.2, 0) is 9.53 Å². The second-order valence-corrected chi connectivity index (χ2v) is 7.30. The van der Waals surface area contributed by atoms with Crippen LogP contribution in [0.25, 0.3) is 0 Å². The zero-order chi connectivity index (χ0) is 17.5. The third-order valence-electron chi connectivity index (χ3n) is 3.59. The quantitative estimate of drug-likeness (QED) is 0.730. The molecule has 5 heteroatoms. The van der Waals surface area contributed by atoms with Crippen LogP contribution in [0.3, 0.4) is 0 Å². The molecule has 0 fully saturated rings. The SMILES string of the molecule is CCC(CC)CN(C(=O)OC(C)(C)C)[C@@H](CC(C)C)C(=O)O. The molecular weight excluding hydrogens is 282 g/mol. The summed E-state index contributed by atoms with van der Waals surface area (Å²) < 4.78 is 5.43. The van der Waals surface area contributed by atoms with Crippen molar-refractivity contribution >= 4 is 12.1 Å². The van der Waals surface area contributed by atoms with Crippen molar-refractivity contribution in [3.05, 3.63) is 0 Å². The smallest absolute Gasteiger partial charge is 0.411 e. The average Bonchev–Trinajstić information content (AvgIpc) is 2.35. The molecule has 0 aromatic carbocycles. The maximum Gasteiger partial charge on any atom is 0.411 e. The minimum Gasteiger partial charge on any atom is -0.480 e. The van der Waals surface area contributed by atoms with Crippen LogP contribution in [0, 0.1) is 11.8 Å². The van der Waals surface area contributed by atoms with Gasteiger partial charge in [0.15, 0.2) is 0 Å². The van der Waals surface area contributed by atoms with Crippen LogP contribution in [0.1, 0.15) is 67.7 Å². The Hall–Kier alpha value is -1.26. The lowest BCUT2D eigenvalue weighted by molar-refractivity contribution is -0.144. The van der Waals surface area contributed by atoms with Crippen molar-refractivity contribution < 1.29 is 19.4 Å². The molecule has 1 atom stereocenters. The maximum atomic E-state index is 12.5. The molecule has 0 aliphatic carbocycles. The molecule has 130 valence electrons. The molecular formula is C17H33NO4. The van der Waals surface area contributed by atoms with E-state index in [0.29, 0.717) is 13.0 Å². The number of hydrogen-bond acceptors (Lipinski definition) is 3. The molecule has 0 aromatic rings. The Kier molecular flexibility index (Phi) is 8.49. The Bertz CT molecular complexity index is 356. The molecule has 0 spiro atoms. The van der Waals surface area contributed by atoms with Gasteiger partial charge in [-0.25, -0.2) is 9.59 Å². The Morgan fingerprint density at radius 1 is 1.14 bits per heavy atom. The predicted octanol–water partition coefficient (Wildman–Crippen LogP) is 4.16. The van der Waals surface area contributed by atoms with Crippen LogP contribution in [-0.4, -0.2) is 40.3 Å². The van der Waals surface area contributed by atoms with Crippen molar-refractivity contribution in [3.63, 3.8) is 0 Å². The lowest BCUT2D eigenvalue weighted by atomic mass is 9.98. The zero-order valence-corrected chi connectivity index (χ0v) is 15.2. The molecule has 1 N–H and O–H groups in total. The fourth-order valence-corrected chi connectivity index (χ4v) is 2.28.